The van der Waals surface area contributed by atoms with Gasteiger partial charge in [0.25, 0.3) is 0 Å². The minimum absolute atomic E-state index is 0.0231. The minimum atomic E-state index is -0.0231. The molecule has 0 aromatic carbocycles. The predicted molar refractivity (Wildman–Crippen MR) is 99.8 cm³/mol. The Morgan fingerprint density at radius 1 is 1.08 bits per heavy atom. The molecule has 140 valence electrons. The molecule has 1 saturated carbocycles. The lowest BCUT2D eigenvalue weighted by Gasteiger charge is -2.26. The number of aromatic nitrogens is 4. The third-order valence-corrected chi connectivity index (χ3v) is 5.70. The fourth-order valence-electron chi connectivity index (χ4n) is 4.30. The van der Waals surface area contributed by atoms with Crippen molar-refractivity contribution in [1.29, 1.82) is 0 Å². The van der Waals surface area contributed by atoms with Gasteiger partial charge in [-0.2, -0.15) is 10.2 Å². The number of amides is 2. The fourth-order valence-corrected chi connectivity index (χ4v) is 4.30. The molecule has 2 aliphatic rings. The van der Waals surface area contributed by atoms with Gasteiger partial charge in [-0.05, 0) is 37.7 Å². The number of carbonyl (C=O) groups excluding carboxylic acids is 1. The number of urea groups is 1. The van der Waals surface area contributed by atoms with Gasteiger partial charge in [0.05, 0.1) is 18.8 Å². The van der Waals surface area contributed by atoms with Crippen LogP contribution in [0.2, 0.25) is 0 Å². The molecule has 2 fully saturated rings. The number of nitrogens with zero attached hydrogens (tertiary/aromatic N) is 5. The third kappa shape index (κ3) is 3.92. The Hall–Kier alpha value is -2.31. The maximum absolute atomic E-state index is 12.8. The van der Waals surface area contributed by atoms with Gasteiger partial charge in [0.15, 0.2) is 0 Å². The Bertz CT molecular complexity index is 703. The standard InChI is InChI=1S/C19H28N6O/c26-19(24-13-4-8-17(24)15-23-12-5-10-20-23)22-18-9-11-21-25(18)14-16-6-2-1-3-7-16/h5,9-12,16-17H,1-4,6-8,13-15H2,(H,22,26)/t17-/m0/s1. The SMILES string of the molecule is O=C(Nc1ccnn1CC1CCCCC1)N1CCC[C@H]1Cn1cccn1. The van der Waals surface area contributed by atoms with Crippen molar-refractivity contribution in [2.45, 2.75) is 64.1 Å². The zero-order valence-corrected chi connectivity index (χ0v) is 15.3. The van der Waals surface area contributed by atoms with E-state index in [1.54, 1.807) is 12.4 Å². The molecule has 2 amide bonds. The van der Waals surface area contributed by atoms with Crippen molar-refractivity contribution < 1.29 is 4.79 Å². The summed E-state index contributed by atoms with van der Waals surface area (Å²) in [7, 11) is 0. The Kier molecular flexibility index (Phi) is 5.22. The quantitative estimate of drug-likeness (QED) is 0.893. The molecular weight excluding hydrogens is 328 g/mol. The first kappa shape index (κ1) is 17.1. The molecule has 3 heterocycles. The summed E-state index contributed by atoms with van der Waals surface area (Å²) in [5, 5.41) is 11.8. The van der Waals surface area contributed by atoms with Crippen LogP contribution < -0.4 is 5.32 Å². The summed E-state index contributed by atoms with van der Waals surface area (Å²) >= 11 is 0. The van der Waals surface area contributed by atoms with E-state index in [4.69, 9.17) is 0 Å². The highest BCUT2D eigenvalue weighted by molar-refractivity contribution is 5.88. The van der Waals surface area contributed by atoms with E-state index < -0.39 is 0 Å². The van der Waals surface area contributed by atoms with Gasteiger partial charge in [-0.3, -0.25) is 10.00 Å². The molecule has 0 bridgehead atoms. The van der Waals surface area contributed by atoms with Crippen LogP contribution in [0.15, 0.2) is 30.7 Å². The Labute approximate surface area is 154 Å². The summed E-state index contributed by atoms with van der Waals surface area (Å²) in [6.45, 7) is 2.45. The summed E-state index contributed by atoms with van der Waals surface area (Å²) in [6.07, 6.45) is 14.1. The highest BCUT2D eigenvalue weighted by Gasteiger charge is 2.29. The lowest BCUT2D eigenvalue weighted by molar-refractivity contribution is 0.199. The van der Waals surface area contributed by atoms with E-state index in [-0.39, 0.29) is 12.1 Å². The van der Waals surface area contributed by atoms with Crippen molar-refractivity contribution in [1.82, 2.24) is 24.5 Å². The number of rotatable bonds is 5. The van der Waals surface area contributed by atoms with Crippen LogP contribution in [0, 0.1) is 5.92 Å². The van der Waals surface area contributed by atoms with Gasteiger partial charge in [-0.15, -0.1) is 0 Å². The average Bonchev–Trinajstić information content (AvgIpc) is 3.40. The molecule has 26 heavy (non-hydrogen) atoms. The molecule has 1 aliphatic carbocycles. The van der Waals surface area contributed by atoms with Crippen molar-refractivity contribution in [2.24, 2.45) is 5.92 Å². The van der Waals surface area contributed by atoms with E-state index in [1.807, 2.05) is 32.6 Å². The van der Waals surface area contributed by atoms with Gasteiger partial charge in [0.2, 0.25) is 0 Å². The van der Waals surface area contributed by atoms with E-state index >= 15 is 0 Å². The van der Waals surface area contributed by atoms with Gasteiger partial charge >= 0.3 is 6.03 Å². The molecule has 0 spiro atoms. The summed E-state index contributed by atoms with van der Waals surface area (Å²) in [6, 6.07) is 4.00. The van der Waals surface area contributed by atoms with Crippen LogP contribution in [-0.4, -0.2) is 43.1 Å². The number of hydrogen-bond acceptors (Lipinski definition) is 3. The van der Waals surface area contributed by atoms with Crippen molar-refractivity contribution in [3.8, 4) is 0 Å². The molecule has 2 aromatic heterocycles. The zero-order valence-electron chi connectivity index (χ0n) is 15.3. The molecule has 1 atom stereocenters. The Balaban J connectivity index is 1.37. The van der Waals surface area contributed by atoms with Crippen LogP contribution >= 0.6 is 0 Å². The first-order valence-electron chi connectivity index (χ1n) is 9.86. The molecule has 0 radical (unpaired) electrons. The Morgan fingerprint density at radius 2 is 1.96 bits per heavy atom. The summed E-state index contributed by atoms with van der Waals surface area (Å²) in [4.78, 5) is 14.8. The van der Waals surface area contributed by atoms with E-state index in [1.165, 1.54) is 32.1 Å². The lowest BCUT2D eigenvalue weighted by atomic mass is 9.89. The molecule has 1 saturated heterocycles. The predicted octanol–water partition coefficient (Wildman–Crippen LogP) is 3.36. The largest absolute Gasteiger partial charge is 0.323 e. The third-order valence-electron chi connectivity index (χ3n) is 5.70. The number of hydrogen-bond donors (Lipinski definition) is 1. The molecule has 4 rings (SSSR count). The average molecular weight is 356 g/mol. The van der Waals surface area contributed by atoms with Crippen molar-refractivity contribution in [3.63, 3.8) is 0 Å². The van der Waals surface area contributed by atoms with E-state index in [0.29, 0.717) is 5.92 Å². The van der Waals surface area contributed by atoms with E-state index in [9.17, 15) is 4.79 Å². The van der Waals surface area contributed by atoms with Crippen LogP contribution in [-0.2, 0) is 13.1 Å². The highest BCUT2D eigenvalue weighted by Crippen LogP contribution is 2.26. The zero-order chi connectivity index (χ0) is 17.8. The molecule has 0 unspecified atom stereocenters. The van der Waals surface area contributed by atoms with Gasteiger partial charge in [-0.1, -0.05) is 19.3 Å². The van der Waals surface area contributed by atoms with Crippen LogP contribution in [0.4, 0.5) is 10.6 Å². The molecule has 2 aromatic rings. The second kappa shape index (κ2) is 7.93. The molecular formula is C19H28N6O. The van der Waals surface area contributed by atoms with Crippen LogP contribution in [0.25, 0.3) is 0 Å². The first-order valence-corrected chi connectivity index (χ1v) is 9.86. The van der Waals surface area contributed by atoms with Crippen molar-refractivity contribution >= 4 is 11.8 Å². The van der Waals surface area contributed by atoms with Crippen molar-refractivity contribution in [3.05, 3.63) is 30.7 Å². The molecule has 1 aliphatic heterocycles. The van der Waals surface area contributed by atoms with E-state index in [2.05, 4.69) is 15.5 Å². The van der Waals surface area contributed by atoms with Gasteiger partial charge in [0, 0.05) is 31.5 Å². The van der Waals surface area contributed by atoms with Crippen molar-refractivity contribution in [2.75, 3.05) is 11.9 Å². The summed E-state index contributed by atoms with van der Waals surface area (Å²) in [5.74, 6) is 1.49. The summed E-state index contributed by atoms with van der Waals surface area (Å²) < 4.78 is 3.87. The van der Waals surface area contributed by atoms with Crippen LogP contribution in [0.1, 0.15) is 44.9 Å². The smallest absolute Gasteiger partial charge is 0.320 e. The monoisotopic (exact) mass is 356 g/mol. The summed E-state index contributed by atoms with van der Waals surface area (Å²) in [5.41, 5.74) is 0. The van der Waals surface area contributed by atoms with E-state index in [0.717, 1.165) is 38.3 Å². The minimum Gasteiger partial charge on any atom is -0.320 e. The topological polar surface area (TPSA) is 68.0 Å². The van der Waals surface area contributed by atoms with Gasteiger partial charge in [0.1, 0.15) is 5.82 Å². The maximum Gasteiger partial charge on any atom is 0.323 e. The number of carbonyl (C=O) groups is 1. The molecule has 1 N–H and O–H groups in total. The first-order chi connectivity index (χ1) is 12.8. The van der Waals surface area contributed by atoms with Gasteiger partial charge in [-0.25, -0.2) is 9.48 Å². The maximum atomic E-state index is 12.8. The molecule has 7 nitrogen and oxygen atoms in total. The van der Waals surface area contributed by atoms with Crippen LogP contribution in [0.3, 0.4) is 0 Å². The fraction of sp³-hybridized carbons (Fsp3) is 0.632. The number of nitrogens with one attached hydrogen (secondary N) is 1. The highest BCUT2D eigenvalue weighted by atomic mass is 16.2. The Morgan fingerprint density at radius 3 is 2.77 bits per heavy atom. The second-order valence-electron chi connectivity index (χ2n) is 7.55. The molecule has 7 heteroatoms. The van der Waals surface area contributed by atoms with Gasteiger partial charge < -0.3 is 4.90 Å². The number of likely N-dealkylation sites (tertiary alicyclic amines) is 1. The normalized spacial score (nSPS) is 21.2. The lowest BCUT2D eigenvalue weighted by Crippen LogP contribution is -2.41. The number of anilines is 1. The second-order valence-corrected chi connectivity index (χ2v) is 7.55. The van der Waals surface area contributed by atoms with Crippen LogP contribution in [0.5, 0.6) is 0 Å².